The van der Waals surface area contributed by atoms with Crippen LogP contribution in [0.3, 0.4) is 0 Å². The lowest BCUT2D eigenvalue weighted by molar-refractivity contribution is 0.112. The fourth-order valence-corrected chi connectivity index (χ4v) is 3.83. The van der Waals surface area contributed by atoms with Gasteiger partial charge in [0.2, 0.25) is 0 Å². The number of aromatic nitrogens is 1. The fraction of sp³-hybridized carbons (Fsp3) is 0.238. The maximum absolute atomic E-state index is 10.2. The van der Waals surface area contributed by atoms with Crippen LogP contribution in [0.2, 0.25) is 0 Å². The van der Waals surface area contributed by atoms with Crippen LogP contribution in [0.5, 0.6) is 0 Å². The molecular formula is C21H23N3OS. The molecule has 0 saturated heterocycles. The highest BCUT2D eigenvalue weighted by molar-refractivity contribution is 7.15. The molecule has 4 nitrogen and oxygen atoms in total. The molecule has 4 rings (SSSR count). The molecule has 5 heteroatoms. The first-order chi connectivity index (χ1) is 12.5. The smallest absolute Gasteiger partial charge is 0.180 e. The van der Waals surface area contributed by atoms with Crippen molar-refractivity contribution in [2.75, 3.05) is 24.2 Å². The highest BCUT2D eigenvalue weighted by atomic mass is 32.1. The predicted molar refractivity (Wildman–Crippen MR) is 110 cm³/mol. The van der Waals surface area contributed by atoms with Crippen molar-refractivity contribution < 1.29 is 4.79 Å². The van der Waals surface area contributed by atoms with Crippen LogP contribution >= 0.6 is 11.3 Å². The van der Waals surface area contributed by atoms with Gasteiger partial charge >= 0.3 is 0 Å². The summed E-state index contributed by atoms with van der Waals surface area (Å²) >= 11 is 1.55. The molecule has 0 aliphatic carbocycles. The summed E-state index contributed by atoms with van der Waals surface area (Å²) in [7, 11) is 2.14. The molecule has 26 heavy (non-hydrogen) atoms. The number of nitrogens with zero attached hydrogens (tertiary/aromatic N) is 2. The van der Waals surface area contributed by atoms with Crippen LogP contribution in [0.25, 0.3) is 11.3 Å². The average molecular weight is 366 g/mol. The third kappa shape index (κ3) is 3.78. The minimum absolute atomic E-state index is 0.648. The van der Waals surface area contributed by atoms with Gasteiger partial charge in [0.25, 0.3) is 0 Å². The standard InChI is InChI=1S/C13H15N3S.C8H8O/c1-8-12(15-13(14)17-8)10-3-4-11-9(7-10)5-6-16(11)2;1-7-4-2-3-5-8(7)6-9/h3-4,7H,5-6H2,1-2H3,(H2,14,15);2-6H,1H3. The first-order valence-electron chi connectivity index (χ1n) is 8.57. The molecule has 134 valence electrons. The van der Waals surface area contributed by atoms with Crippen LogP contribution in [-0.4, -0.2) is 24.9 Å². The van der Waals surface area contributed by atoms with E-state index in [9.17, 15) is 4.79 Å². The first kappa shape index (κ1) is 18.1. The monoisotopic (exact) mass is 365 g/mol. The first-order valence-corrected chi connectivity index (χ1v) is 9.39. The highest BCUT2D eigenvalue weighted by Crippen LogP contribution is 2.34. The second-order valence-corrected chi connectivity index (χ2v) is 7.68. The maximum Gasteiger partial charge on any atom is 0.180 e. The van der Waals surface area contributed by atoms with Crippen LogP contribution in [0.4, 0.5) is 10.8 Å². The summed E-state index contributed by atoms with van der Waals surface area (Å²) in [6.45, 7) is 5.10. The number of anilines is 2. The zero-order chi connectivity index (χ0) is 18.7. The number of likely N-dealkylation sites (N-methyl/N-ethyl adjacent to an activating group) is 1. The van der Waals surface area contributed by atoms with Gasteiger partial charge in [-0.05, 0) is 43.5 Å². The van der Waals surface area contributed by atoms with Gasteiger partial charge in [0.15, 0.2) is 5.13 Å². The fourth-order valence-electron chi connectivity index (χ4n) is 3.12. The van der Waals surface area contributed by atoms with E-state index in [0.29, 0.717) is 5.13 Å². The van der Waals surface area contributed by atoms with Gasteiger partial charge in [0.05, 0.1) is 5.69 Å². The Hall–Kier alpha value is -2.66. The van der Waals surface area contributed by atoms with E-state index in [1.54, 1.807) is 11.3 Å². The summed E-state index contributed by atoms with van der Waals surface area (Å²) in [6, 6.07) is 14.1. The number of thiazole rings is 1. The Morgan fingerprint density at radius 3 is 2.58 bits per heavy atom. The van der Waals surface area contributed by atoms with E-state index in [0.717, 1.165) is 36.1 Å². The Bertz CT molecular complexity index is 933. The molecule has 0 atom stereocenters. The number of aldehydes is 1. The van der Waals surface area contributed by atoms with Crippen molar-refractivity contribution in [3.05, 3.63) is 64.0 Å². The van der Waals surface area contributed by atoms with Crippen molar-refractivity contribution in [1.29, 1.82) is 0 Å². The molecule has 1 aliphatic rings. The van der Waals surface area contributed by atoms with E-state index in [1.165, 1.54) is 21.7 Å². The third-order valence-corrected chi connectivity index (χ3v) is 5.41. The van der Waals surface area contributed by atoms with E-state index < -0.39 is 0 Å². The van der Waals surface area contributed by atoms with Crippen LogP contribution < -0.4 is 10.6 Å². The lowest BCUT2D eigenvalue weighted by Gasteiger charge is -2.11. The molecule has 3 aromatic rings. The lowest BCUT2D eigenvalue weighted by atomic mass is 10.1. The molecule has 0 spiro atoms. The van der Waals surface area contributed by atoms with Gasteiger partial charge < -0.3 is 10.6 Å². The van der Waals surface area contributed by atoms with Gasteiger partial charge in [-0.25, -0.2) is 4.98 Å². The van der Waals surface area contributed by atoms with Crippen molar-refractivity contribution in [1.82, 2.24) is 4.98 Å². The molecule has 0 amide bonds. The van der Waals surface area contributed by atoms with E-state index >= 15 is 0 Å². The summed E-state index contributed by atoms with van der Waals surface area (Å²) < 4.78 is 0. The summed E-state index contributed by atoms with van der Waals surface area (Å²) in [6.07, 6.45) is 1.99. The Morgan fingerprint density at radius 1 is 1.19 bits per heavy atom. The third-order valence-electron chi connectivity index (χ3n) is 4.61. The minimum Gasteiger partial charge on any atom is -0.375 e. The number of fused-ring (bicyclic) bond motifs is 1. The molecule has 2 heterocycles. The van der Waals surface area contributed by atoms with Gasteiger partial charge in [-0.2, -0.15) is 0 Å². The van der Waals surface area contributed by atoms with Crippen LogP contribution in [0.15, 0.2) is 42.5 Å². The number of benzene rings is 2. The molecule has 2 N–H and O–H groups in total. The molecule has 0 unspecified atom stereocenters. The van der Waals surface area contributed by atoms with Gasteiger partial charge in [-0.1, -0.05) is 30.3 Å². The van der Waals surface area contributed by atoms with Gasteiger partial charge in [0, 0.05) is 35.3 Å². The quantitative estimate of drug-likeness (QED) is 0.679. The number of aryl methyl sites for hydroxylation is 2. The topological polar surface area (TPSA) is 59.2 Å². The Morgan fingerprint density at radius 2 is 1.96 bits per heavy atom. The predicted octanol–water partition coefficient (Wildman–Crippen LogP) is 4.50. The van der Waals surface area contributed by atoms with E-state index in [4.69, 9.17) is 5.73 Å². The van der Waals surface area contributed by atoms with Crippen molar-refractivity contribution in [2.24, 2.45) is 0 Å². The van der Waals surface area contributed by atoms with Crippen LogP contribution in [0.1, 0.15) is 26.4 Å². The average Bonchev–Trinajstić information content (AvgIpc) is 3.17. The summed E-state index contributed by atoms with van der Waals surface area (Å²) in [5.74, 6) is 0. The van der Waals surface area contributed by atoms with Crippen molar-refractivity contribution >= 4 is 28.4 Å². The summed E-state index contributed by atoms with van der Waals surface area (Å²) in [5.41, 5.74) is 12.5. The van der Waals surface area contributed by atoms with Gasteiger partial charge in [-0.15, -0.1) is 11.3 Å². The molecule has 1 aliphatic heterocycles. The zero-order valence-electron chi connectivity index (χ0n) is 15.3. The molecule has 0 bridgehead atoms. The second kappa shape index (κ2) is 7.70. The van der Waals surface area contributed by atoms with Crippen LogP contribution in [0, 0.1) is 13.8 Å². The molecule has 1 aromatic heterocycles. The Balaban J connectivity index is 0.000000185. The van der Waals surface area contributed by atoms with Crippen molar-refractivity contribution in [3.8, 4) is 11.3 Å². The van der Waals surface area contributed by atoms with E-state index in [2.05, 4.69) is 42.1 Å². The van der Waals surface area contributed by atoms with E-state index in [1.807, 2.05) is 31.2 Å². The Labute approximate surface area is 158 Å². The number of rotatable bonds is 2. The molecular weight excluding hydrogens is 342 g/mol. The molecule has 2 aromatic carbocycles. The minimum atomic E-state index is 0.648. The SMILES string of the molecule is Cc1ccccc1C=O.Cc1sc(N)nc1-c1ccc2c(c1)CCN2C. The maximum atomic E-state index is 10.2. The van der Waals surface area contributed by atoms with E-state index in [-0.39, 0.29) is 0 Å². The Kier molecular flexibility index (Phi) is 5.38. The van der Waals surface area contributed by atoms with Crippen molar-refractivity contribution in [3.63, 3.8) is 0 Å². The second-order valence-electron chi connectivity index (χ2n) is 6.45. The van der Waals surface area contributed by atoms with Crippen LogP contribution in [-0.2, 0) is 6.42 Å². The zero-order valence-corrected chi connectivity index (χ0v) is 16.1. The largest absolute Gasteiger partial charge is 0.375 e. The molecule has 0 radical (unpaired) electrons. The number of carbonyl (C=O) groups is 1. The molecule has 0 fully saturated rings. The molecule has 0 saturated carbocycles. The van der Waals surface area contributed by atoms with Crippen molar-refractivity contribution in [2.45, 2.75) is 20.3 Å². The number of nitrogen functional groups attached to an aromatic ring is 1. The summed E-state index contributed by atoms with van der Waals surface area (Å²) in [4.78, 5) is 18.1. The highest BCUT2D eigenvalue weighted by Gasteiger charge is 2.17. The number of hydrogen-bond acceptors (Lipinski definition) is 5. The number of nitrogens with two attached hydrogens (primary N) is 1. The number of hydrogen-bond donors (Lipinski definition) is 1. The number of carbonyl (C=O) groups excluding carboxylic acids is 1. The lowest BCUT2D eigenvalue weighted by Crippen LogP contribution is -2.12. The van der Waals surface area contributed by atoms with Gasteiger partial charge in [0.1, 0.15) is 6.29 Å². The summed E-state index contributed by atoms with van der Waals surface area (Å²) in [5, 5.41) is 0.648. The van der Waals surface area contributed by atoms with Gasteiger partial charge in [-0.3, -0.25) is 4.79 Å². The normalized spacial score (nSPS) is 12.3.